The van der Waals surface area contributed by atoms with Gasteiger partial charge in [-0.25, -0.2) is 0 Å². The van der Waals surface area contributed by atoms with Gasteiger partial charge in [-0.1, -0.05) is 12.1 Å². The Hall–Kier alpha value is -2.09. The predicted octanol–water partition coefficient (Wildman–Crippen LogP) is 4.19. The maximum atomic E-state index is 13.0. The molecule has 1 N–H and O–H groups in total. The minimum absolute atomic E-state index is 0.315. The third kappa shape index (κ3) is 4.43. The Morgan fingerprint density at radius 2 is 1.67 bits per heavy atom. The number of alkyl halides is 3. The first-order chi connectivity index (χ1) is 12.7. The number of methoxy groups -OCH3 is 1. The summed E-state index contributed by atoms with van der Waals surface area (Å²) in [5, 5.41) is 0. The molecule has 2 rings (SSSR count). The molecule has 6 nitrogen and oxygen atoms in total. The summed E-state index contributed by atoms with van der Waals surface area (Å²) in [6, 6.07) is 7.49. The molecule has 27 heavy (non-hydrogen) atoms. The lowest BCUT2D eigenvalue weighted by atomic mass is 9.91. The Morgan fingerprint density at radius 3 is 2.07 bits per heavy atom. The van der Waals surface area contributed by atoms with Crippen molar-refractivity contribution in [1.82, 2.24) is 4.98 Å². The first-order valence-electron chi connectivity index (χ1n) is 7.77. The number of benzene rings is 1. The summed E-state index contributed by atoms with van der Waals surface area (Å²) in [6.07, 6.45) is -2.93. The Morgan fingerprint density at radius 1 is 1.07 bits per heavy atom. The molecule has 0 aliphatic rings. The van der Waals surface area contributed by atoms with Crippen LogP contribution in [0.25, 0.3) is 0 Å². The molecule has 2 atom stereocenters. The van der Waals surface area contributed by atoms with Gasteiger partial charge >= 0.3 is 19.7 Å². The number of rotatable bonds is 7. The molecule has 0 saturated carbocycles. The van der Waals surface area contributed by atoms with Crippen LogP contribution >= 0.6 is 7.60 Å². The van der Waals surface area contributed by atoms with Gasteiger partial charge in [-0.15, -0.1) is 0 Å². The molecule has 1 heterocycles. The number of esters is 1. The monoisotopic (exact) mass is 405 g/mol. The average molecular weight is 405 g/mol. The Kier molecular flexibility index (Phi) is 6.51. The molecular weight excluding hydrogens is 386 g/mol. The standard InChI is InChI=1S/C17H19F3NO5P/c1-24-16(22)15(27(23,25-2)26-3)14(13-5-4-10-21-13)11-6-8-12(9-7-11)17(18,19)20/h4-10,14-15,21H,1-3H3. The van der Waals surface area contributed by atoms with E-state index < -0.39 is 36.9 Å². The fourth-order valence-electron chi connectivity index (χ4n) is 2.82. The van der Waals surface area contributed by atoms with Crippen molar-refractivity contribution < 1.29 is 36.3 Å². The zero-order chi connectivity index (χ0) is 20.2. The van der Waals surface area contributed by atoms with Gasteiger partial charge in [0.25, 0.3) is 0 Å². The van der Waals surface area contributed by atoms with E-state index in [0.29, 0.717) is 11.3 Å². The van der Waals surface area contributed by atoms with Gasteiger partial charge in [0.1, 0.15) is 0 Å². The van der Waals surface area contributed by atoms with Crippen molar-refractivity contribution in [3.8, 4) is 0 Å². The van der Waals surface area contributed by atoms with Crippen LogP contribution in [0.4, 0.5) is 13.2 Å². The topological polar surface area (TPSA) is 77.6 Å². The van der Waals surface area contributed by atoms with Gasteiger partial charge in [-0.2, -0.15) is 13.2 Å². The second kappa shape index (κ2) is 8.29. The van der Waals surface area contributed by atoms with Crippen molar-refractivity contribution in [3.05, 3.63) is 59.4 Å². The van der Waals surface area contributed by atoms with E-state index in [4.69, 9.17) is 13.8 Å². The van der Waals surface area contributed by atoms with E-state index in [1.54, 1.807) is 18.3 Å². The fourth-order valence-corrected chi connectivity index (χ4v) is 4.48. The van der Waals surface area contributed by atoms with Crippen LogP contribution in [0.2, 0.25) is 0 Å². The Labute approximate surface area is 154 Å². The summed E-state index contributed by atoms with van der Waals surface area (Å²) in [7, 11) is -0.626. The summed E-state index contributed by atoms with van der Waals surface area (Å²) in [5.41, 5.74) is -1.50. The first-order valence-corrected chi connectivity index (χ1v) is 9.38. The highest BCUT2D eigenvalue weighted by molar-refractivity contribution is 7.55. The molecule has 0 aliphatic carbocycles. The number of aromatic amines is 1. The van der Waals surface area contributed by atoms with Crippen molar-refractivity contribution in [2.75, 3.05) is 21.3 Å². The number of carbonyl (C=O) groups excluding carboxylic acids is 1. The smallest absolute Gasteiger partial charge is 0.416 e. The quantitative estimate of drug-likeness (QED) is 0.552. The maximum Gasteiger partial charge on any atom is 0.416 e. The van der Waals surface area contributed by atoms with Gasteiger partial charge in [-0.05, 0) is 29.8 Å². The van der Waals surface area contributed by atoms with Gasteiger partial charge in [0, 0.05) is 32.0 Å². The molecule has 1 aromatic carbocycles. The molecule has 0 fully saturated rings. The number of nitrogens with one attached hydrogen (secondary N) is 1. The number of ether oxygens (including phenoxy) is 1. The molecule has 148 valence electrons. The van der Waals surface area contributed by atoms with Crippen molar-refractivity contribution in [1.29, 1.82) is 0 Å². The van der Waals surface area contributed by atoms with E-state index >= 15 is 0 Å². The van der Waals surface area contributed by atoms with E-state index in [-0.39, 0.29) is 0 Å². The van der Waals surface area contributed by atoms with Crippen LogP contribution in [-0.2, 0) is 29.3 Å². The van der Waals surface area contributed by atoms with Gasteiger partial charge in [0.05, 0.1) is 12.7 Å². The lowest BCUT2D eigenvalue weighted by molar-refractivity contribution is -0.141. The highest BCUT2D eigenvalue weighted by atomic mass is 31.2. The molecule has 0 saturated heterocycles. The molecule has 1 aromatic heterocycles. The fraction of sp³-hybridized carbons (Fsp3) is 0.353. The molecule has 0 bridgehead atoms. The van der Waals surface area contributed by atoms with E-state index in [1.807, 2.05) is 0 Å². The molecule has 2 unspecified atom stereocenters. The third-order valence-electron chi connectivity index (χ3n) is 4.16. The maximum absolute atomic E-state index is 13.0. The van der Waals surface area contributed by atoms with Crippen LogP contribution in [0.1, 0.15) is 22.7 Å². The largest absolute Gasteiger partial charge is 0.468 e. The number of H-pyrrole nitrogens is 1. The molecule has 0 spiro atoms. The molecule has 10 heteroatoms. The van der Waals surface area contributed by atoms with E-state index in [2.05, 4.69) is 4.98 Å². The summed E-state index contributed by atoms with van der Waals surface area (Å²) >= 11 is 0. The molecule has 0 aliphatic heterocycles. The van der Waals surface area contributed by atoms with Crippen molar-refractivity contribution in [2.45, 2.75) is 17.8 Å². The molecule has 0 radical (unpaired) electrons. The SMILES string of the molecule is COC(=O)C(C(c1ccc(C(F)(F)F)cc1)c1ccc[nH]1)P(=O)(OC)OC. The van der Waals surface area contributed by atoms with Crippen molar-refractivity contribution >= 4 is 13.6 Å². The Balaban J connectivity index is 2.63. The zero-order valence-electron chi connectivity index (χ0n) is 14.8. The highest BCUT2D eigenvalue weighted by Gasteiger charge is 2.48. The van der Waals surface area contributed by atoms with E-state index in [1.165, 1.54) is 12.1 Å². The minimum atomic E-state index is -4.50. The second-order valence-corrected chi connectivity index (χ2v) is 7.96. The lowest BCUT2D eigenvalue weighted by Crippen LogP contribution is -2.31. The summed E-state index contributed by atoms with van der Waals surface area (Å²) in [6.45, 7) is 0. The second-order valence-electron chi connectivity index (χ2n) is 5.60. The van der Waals surface area contributed by atoms with Crippen LogP contribution < -0.4 is 0 Å². The van der Waals surface area contributed by atoms with Crippen LogP contribution in [0, 0.1) is 0 Å². The normalized spacial score (nSPS) is 14.6. The zero-order valence-corrected chi connectivity index (χ0v) is 15.7. The van der Waals surface area contributed by atoms with Gasteiger partial charge in [0.2, 0.25) is 0 Å². The van der Waals surface area contributed by atoms with Crippen LogP contribution in [0.3, 0.4) is 0 Å². The predicted molar refractivity (Wildman–Crippen MR) is 91.5 cm³/mol. The summed E-state index contributed by atoms with van der Waals surface area (Å²) in [4.78, 5) is 15.4. The highest BCUT2D eigenvalue weighted by Crippen LogP contribution is 2.57. The number of carbonyl (C=O) groups is 1. The minimum Gasteiger partial charge on any atom is -0.468 e. The summed E-state index contributed by atoms with van der Waals surface area (Å²) in [5.74, 6) is -1.82. The number of hydrogen-bond acceptors (Lipinski definition) is 5. The van der Waals surface area contributed by atoms with Crippen molar-refractivity contribution in [2.24, 2.45) is 0 Å². The summed E-state index contributed by atoms with van der Waals surface area (Å²) < 4.78 is 66.4. The van der Waals surface area contributed by atoms with Crippen LogP contribution in [0.5, 0.6) is 0 Å². The number of aromatic nitrogens is 1. The van der Waals surface area contributed by atoms with Crippen molar-refractivity contribution in [3.63, 3.8) is 0 Å². The van der Waals surface area contributed by atoms with Crippen LogP contribution in [0.15, 0.2) is 42.6 Å². The average Bonchev–Trinajstić information content (AvgIpc) is 3.18. The molecular formula is C17H19F3NO5P. The van der Waals surface area contributed by atoms with Gasteiger partial charge in [-0.3, -0.25) is 9.36 Å². The third-order valence-corrected chi connectivity index (χ3v) is 6.37. The van der Waals surface area contributed by atoms with E-state index in [9.17, 15) is 22.5 Å². The molecule has 2 aromatic rings. The molecule has 0 amide bonds. The lowest BCUT2D eigenvalue weighted by Gasteiger charge is -2.29. The Bertz CT molecular complexity index is 797. The number of halogens is 3. The first kappa shape index (κ1) is 21.2. The van der Waals surface area contributed by atoms with Gasteiger partial charge < -0.3 is 18.8 Å². The van der Waals surface area contributed by atoms with Crippen LogP contribution in [-0.4, -0.2) is 37.9 Å². The number of hydrogen-bond donors (Lipinski definition) is 1. The van der Waals surface area contributed by atoms with E-state index in [0.717, 1.165) is 33.5 Å². The van der Waals surface area contributed by atoms with Gasteiger partial charge in [0.15, 0.2) is 5.66 Å².